The molecular formula is C18H19N6Na2O13P. The number of ether oxygens (including phenoxy) is 1. The Bertz CT molecular complexity index is 1460. The molecule has 206 valence electrons. The van der Waals surface area contributed by atoms with Crippen molar-refractivity contribution in [3.05, 3.63) is 56.6 Å². The number of carboxylic acid groups (broad SMARTS) is 2. The third kappa shape index (κ3) is 9.02. The molecule has 0 bridgehead atoms. The van der Waals surface area contributed by atoms with Crippen molar-refractivity contribution in [3.8, 4) is 0 Å². The number of anilines is 1. The van der Waals surface area contributed by atoms with Gasteiger partial charge in [0, 0.05) is 12.1 Å². The molecule has 3 heterocycles. The van der Waals surface area contributed by atoms with Crippen LogP contribution in [0.4, 0.5) is 16.4 Å². The third-order valence-electron chi connectivity index (χ3n) is 5.17. The summed E-state index contributed by atoms with van der Waals surface area (Å²) in [5.74, 6) is -0.258. The van der Waals surface area contributed by atoms with Crippen LogP contribution in [0.2, 0.25) is 0 Å². The molecule has 40 heavy (non-hydrogen) atoms. The number of phosphoric ester groups is 1. The molecule has 22 heteroatoms. The predicted molar refractivity (Wildman–Crippen MR) is 115 cm³/mol. The molecule has 3 aromatic rings. The standard InChI is InChI=1S/C17H19N6O10P.CH2O3.2Na/c18-17-19-14-11(15(26)20-17)21(5-8-2-1-3-9(4-8)23(27)28)7-22(14)16-13(25)12(24)10(33-16)6-32-34(29,30)31;2-1(3)4;;/h1-4,7,10,12-13,16,24-25H,5-6H2,(H4-,18,19,20,26,29,30,31);(H2,2,3,4);;/q;;2*+1/p-2/t10-,12-,13-,16-;;;/m1.../s1. The number of carbonyl (C=O) groups is 1. The summed E-state index contributed by atoms with van der Waals surface area (Å²) in [4.78, 5) is 59.5. The van der Waals surface area contributed by atoms with Crippen LogP contribution in [0.15, 0.2) is 35.4 Å². The van der Waals surface area contributed by atoms with Gasteiger partial charge in [0.15, 0.2) is 6.33 Å². The zero-order valence-electron chi connectivity index (χ0n) is 20.8. The van der Waals surface area contributed by atoms with Crippen LogP contribution in [-0.2, 0) is 20.4 Å². The van der Waals surface area contributed by atoms with Gasteiger partial charge in [0.1, 0.15) is 18.3 Å². The van der Waals surface area contributed by atoms with Gasteiger partial charge in [0.2, 0.25) is 17.9 Å². The van der Waals surface area contributed by atoms with Gasteiger partial charge in [0.05, 0.1) is 25.9 Å². The maximum Gasteiger partial charge on any atom is 1.00 e. The zero-order valence-corrected chi connectivity index (χ0v) is 25.7. The Morgan fingerprint density at radius 3 is 2.50 bits per heavy atom. The van der Waals surface area contributed by atoms with Crippen LogP contribution in [0, 0.1) is 10.1 Å². The first-order chi connectivity index (χ1) is 17.7. The summed E-state index contributed by atoms with van der Waals surface area (Å²) >= 11 is 0. The number of hydrogen-bond donors (Lipinski definition) is 5. The molecule has 0 saturated carbocycles. The molecule has 1 aliphatic rings. The Balaban J connectivity index is 0.00000125. The SMILES string of the molecule is Nc1nc2c(c(=O)[nH]1)n(Cc1cccc([N+](=O)[O-])c1)c[n+]2[C@@H]1O[C@H](COP(=O)([O-])[O-])[C@@H](O)[C@H]1O.O=C([O-])O.[Na+].[Na+]. The summed E-state index contributed by atoms with van der Waals surface area (Å²) in [5.41, 5.74) is 5.24. The number of aliphatic hydroxyl groups is 2. The number of H-pyrrole nitrogens is 1. The molecule has 4 atom stereocenters. The van der Waals surface area contributed by atoms with Crippen LogP contribution in [-0.4, -0.2) is 65.9 Å². The van der Waals surface area contributed by atoms with E-state index in [4.69, 9.17) is 25.5 Å². The molecule has 2 aromatic heterocycles. The van der Waals surface area contributed by atoms with Crippen molar-refractivity contribution in [2.75, 3.05) is 12.3 Å². The first-order valence-corrected chi connectivity index (χ1v) is 11.7. The van der Waals surface area contributed by atoms with Crippen molar-refractivity contribution in [2.45, 2.75) is 31.1 Å². The molecule has 0 aliphatic carbocycles. The van der Waals surface area contributed by atoms with Crippen molar-refractivity contribution in [2.24, 2.45) is 0 Å². The number of nitrogen functional groups attached to an aromatic ring is 1. The maximum absolute atomic E-state index is 12.6. The van der Waals surface area contributed by atoms with Crippen LogP contribution >= 0.6 is 7.82 Å². The second-order valence-corrected chi connectivity index (χ2v) is 8.91. The second-order valence-electron chi connectivity index (χ2n) is 7.76. The Morgan fingerprint density at radius 2 is 1.93 bits per heavy atom. The number of aliphatic hydroxyl groups excluding tert-OH is 2. The summed E-state index contributed by atoms with van der Waals surface area (Å²) in [5, 5.41) is 47.1. The molecule has 0 amide bonds. The number of aromatic amines is 1. The van der Waals surface area contributed by atoms with Crippen LogP contribution in [0.25, 0.3) is 11.2 Å². The number of nitro benzene ring substituents is 1. The fraction of sp³-hybridized carbons (Fsp3) is 0.333. The number of hydrogen-bond acceptors (Lipinski definition) is 14. The van der Waals surface area contributed by atoms with Gasteiger partial charge in [-0.1, -0.05) is 17.1 Å². The van der Waals surface area contributed by atoms with E-state index in [2.05, 4.69) is 14.5 Å². The molecule has 1 aromatic carbocycles. The Labute approximate surface area is 267 Å². The Kier molecular flexibility index (Phi) is 13.3. The van der Waals surface area contributed by atoms with Gasteiger partial charge in [-0.15, -0.1) is 0 Å². The summed E-state index contributed by atoms with van der Waals surface area (Å²) in [6.07, 6.45) is -6.79. The van der Waals surface area contributed by atoms with Crippen molar-refractivity contribution >= 4 is 36.8 Å². The van der Waals surface area contributed by atoms with Gasteiger partial charge in [-0.3, -0.25) is 24.5 Å². The normalized spacial score (nSPS) is 20.1. The van der Waals surface area contributed by atoms with Gasteiger partial charge >= 0.3 is 64.8 Å². The molecule has 19 nitrogen and oxygen atoms in total. The summed E-state index contributed by atoms with van der Waals surface area (Å²) in [7, 11) is -5.36. The third-order valence-corrected chi connectivity index (χ3v) is 5.64. The predicted octanol–water partition coefficient (Wildman–Crippen LogP) is -10.1. The zero-order chi connectivity index (χ0) is 28.4. The van der Waals surface area contributed by atoms with E-state index in [1.807, 2.05) is 0 Å². The fourth-order valence-electron chi connectivity index (χ4n) is 3.71. The number of nitro groups is 1. The van der Waals surface area contributed by atoms with Crippen LogP contribution in [0.1, 0.15) is 11.8 Å². The van der Waals surface area contributed by atoms with Gasteiger partial charge in [-0.05, 0) is 5.56 Å². The number of benzene rings is 1. The molecule has 1 fully saturated rings. The van der Waals surface area contributed by atoms with Crippen LogP contribution in [0.3, 0.4) is 0 Å². The van der Waals surface area contributed by atoms with E-state index in [9.17, 15) is 39.5 Å². The topological polar surface area (TPSA) is 306 Å². The number of non-ortho nitro benzene ring substituents is 1. The average Bonchev–Trinajstić information content (AvgIpc) is 3.28. The van der Waals surface area contributed by atoms with Gasteiger partial charge < -0.3 is 54.6 Å². The van der Waals surface area contributed by atoms with Crippen molar-refractivity contribution in [3.63, 3.8) is 0 Å². The largest absolute Gasteiger partial charge is 1.00 e. The molecule has 0 unspecified atom stereocenters. The molecule has 6 N–H and O–H groups in total. The second kappa shape index (κ2) is 14.8. The number of imidazole rings is 1. The molecule has 1 saturated heterocycles. The van der Waals surface area contributed by atoms with E-state index in [1.54, 1.807) is 6.07 Å². The summed E-state index contributed by atoms with van der Waals surface area (Å²) < 4.78 is 23.0. The minimum atomic E-state index is -5.36. The van der Waals surface area contributed by atoms with Crippen LogP contribution in [0.5, 0.6) is 0 Å². The molecule has 4 rings (SSSR count). The molecule has 0 radical (unpaired) electrons. The first kappa shape index (κ1) is 36.1. The average molecular weight is 604 g/mol. The number of nitrogens with two attached hydrogens (primary N) is 1. The first-order valence-electron chi connectivity index (χ1n) is 10.3. The summed E-state index contributed by atoms with van der Waals surface area (Å²) in [6.45, 7) is -0.866. The smallest absolute Gasteiger partial charge is 0.790 e. The number of nitrogens with one attached hydrogen (secondary N) is 1. The number of fused-ring (bicyclic) bond motifs is 1. The molecule has 1 aliphatic heterocycles. The van der Waals surface area contributed by atoms with E-state index < -0.39 is 55.6 Å². The van der Waals surface area contributed by atoms with Gasteiger partial charge in [-0.25, -0.2) is 4.57 Å². The number of phosphoric acid groups is 1. The molecular weight excluding hydrogens is 585 g/mol. The van der Waals surface area contributed by atoms with Crippen molar-refractivity contribution < 1.29 is 117 Å². The van der Waals surface area contributed by atoms with Gasteiger partial charge in [-0.2, -0.15) is 0 Å². The van der Waals surface area contributed by atoms with Crippen molar-refractivity contribution in [1.82, 2.24) is 14.5 Å². The van der Waals surface area contributed by atoms with Crippen LogP contribution < -0.4 is 89.9 Å². The quantitative estimate of drug-likeness (QED) is 0.0550. The van der Waals surface area contributed by atoms with E-state index in [0.717, 1.165) is 0 Å². The fourth-order valence-corrected chi connectivity index (χ4v) is 4.04. The molecule has 0 spiro atoms. The monoisotopic (exact) mass is 604 g/mol. The van der Waals surface area contributed by atoms with E-state index in [1.165, 1.54) is 33.7 Å². The van der Waals surface area contributed by atoms with E-state index in [0.29, 0.717) is 5.56 Å². The van der Waals surface area contributed by atoms with E-state index in [-0.39, 0.29) is 88.5 Å². The maximum atomic E-state index is 12.6. The number of nitrogens with zero attached hydrogens (tertiary/aromatic N) is 4. The van der Waals surface area contributed by atoms with E-state index >= 15 is 0 Å². The Morgan fingerprint density at radius 1 is 1.30 bits per heavy atom. The van der Waals surface area contributed by atoms with Crippen molar-refractivity contribution in [1.29, 1.82) is 0 Å². The number of rotatable bonds is 7. The Hall–Kier alpha value is -1.97. The van der Waals surface area contributed by atoms with Gasteiger partial charge in [0.25, 0.3) is 17.2 Å². The minimum Gasteiger partial charge on any atom is -0.790 e. The summed E-state index contributed by atoms with van der Waals surface area (Å²) in [6, 6.07) is 5.70. The number of aromatic nitrogens is 4. The minimum absolute atomic E-state index is 0.